The molecule has 0 aromatic carbocycles. The summed E-state index contributed by atoms with van der Waals surface area (Å²) in [7, 11) is 0. The molecule has 0 aliphatic carbocycles. The van der Waals surface area contributed by atoms with Gasteiger partial charge in [-0.2, -0.15) is 0 Å². The zero-order valence-electron chi connectivity index (χ0n) is 16.2. The fourth-order valence-electron chi connectivity index (χ4n) is 2.39. The van der Waals surface area contributed by atoms with E-state index in [0.29, 0.717) is 0 Å². The molecule has 0 rings (SSSR count). The maximum absolute atomic E-state index is 9.56. The summed E-state index contributed by atoms with van der Waals surface area (Å²) >= 11 is -0.611. The molecule has 0 heterocycles. The third-order valence-electron chi connectivity index (χ3n) is 3.72. The molecule has 0 fully saturated rings. The molecule has 23 heavy (non-hydrogen) atoms. The van der Waals surface area contributed by atoms with E-state index in [1.807, 2.05) is 0 Å². The van der Waals surface area contributed by atoms with Crippen LogP contribution >= 0.6 is 0 Å². The lowest BCUT2D eigenvalue weighted by atomic mass is 10.1. The molecule has 0 atom stereocenters. The van der Waals surface area contributed by atoms with Crippen molar-refractivity contribution in [3.8, 4) is 0 Å². The number of rotatable bonds is 15. The van der Waals surface area contributed by atoms with Gasteiger partial charge in [-0.05, 0) is 38.6 Å². The van der Waals surface area contributed by atoms with E-state index in [-0.39, 0.29) is 0 Å². The average Bonchev–Trinajstić information content (AvgIpc) is 2.50. The lowest BCUT2D eigenvalue weighted by Gasteiger charge is -1.99. The molecule has 2 nitrogen and oxygen atoms in total. The number of hydrogen-bond donors (Lipinski definition) is 1. The van der Waals surface area contributed by atoms with Crippen molar-refractivity contribution in [2.75, 3.05) is 19.1 Å². The van der Waals surface area contributed by atoms with Gasteiger partial charge >= 0.3 is 0 Å². The maximum atomic E-state index is 9.56. The van der Waals surface area contributed by atoms with E-state index in [9.17, 15) is 4.55 Å². The molecular formula is C20H43NOS. The molecule has 3 heteroatoms. The van der Waals surface area contributed by atoms with Crippen LogP contribution in [0.25, 0.3) is 0 Å². The second-order valence-electron chi connectivity index (χ2n) is 6.47. The van der Waals surface area contributed by atoms with Gasteiger partial charge in [-0.1, -0.05) is 88.0 Å². The Bertz CT molecular complexity index is 217. The van der Waals surface area contributed by atoms with Gasteiger partial charge in [-0.3, -0.25) is 0 Å². The van der Waals surface area contributed by atoms with Crippen LogP contribution in [0.15, 0.2) is 12.2 Å². The van der Waals surface area contributed by atoms with Crippen LogP contribution in [-0.2, 0) is 11.2 Å². The topological polar surface area (TPSA) is 49.1 Å². The molecule has 0 amide bonds. The zero-order valence-corrected chi connectivity index (χ0v) is 17.0. The summed E-state index contributed by atoms with van der Waals surface area (Å²) in [6, 6.07) is 0. The lowest BCUT2D eigenvalue weighted by molar-refractivity contribution is 0.599. The van der Waals surface area contributed by atoms with Crippen LogP contribution in [0.3, 0.4) is 0 Å². The fraction of sp³-hybridized carbons (Fsp3) is 0.900. The van der Waals surface area contributed by atoms with Gasteiger partial charge in [-0.15, -0.1) is 0 Å². The van der Waals surface area contributed by atoms with Gasteiger partial charge < -0.3 is 10.3 Å². The van der Waals surface area contributed by atoms with Gasteiger partial charge in [0.2, 0.25) is 0 Å². The second-order valence-corrected chi connectivity index (χ2v) is 7.95. The van der Waals surface area contributed by atoms with Gasteiger partial charge in [-0.25, -0.2) is 0 Å². The highest BCUT2D eigenvalue weighted by molar-refractivity contribution is 7.89. The van der Waals surface area contributed by atoms with E-state index in [1.165, 1.54) is 89.9 Å². The number of allylic oxidation sites excluding steroid dienone is 2. The van der Waals surface area contributed by atoms with E-state index < -0.39 is 11.2 Å². The smallest absolute Gasteiger partial charge is 0.0946 e. The van der Waals surface area contributed by atoms with E-state index in [2.05, 4.69) is 19.1 Å². The van der Waals surface area contributed by atoms with E-state index in [1.54, 1.807) is 12.5 Å². The molecular weight excluding hydrogens is 302 g/mol. The zero-order chi connectivity index (χ0) is 17.6. The summed E-state index contributed by atoms with van der Waals surface area (Å²) in [6.45, 7) is 3.14. The monoisotopic (exact) mass is 345 g/mol. The largest absolute Gasteiger partial charge is 0.617 e. The van der Waals surface area contributed by atoms with Gasteiger partial charge in [0, 0.05) is 0 Å². The number of hydrogen-bond acceptors (Lipinski definition) is 2. The highest BCUT2D eigenvalue weighted by Crippen LogP contribution is 2.09. The van der Waals surface area contributed by atoms with Crippen LogP contribution in [0.4, 0.5) is 0 Å². The van der Waals surface area contributed by atoms with Crippen molar-refractivity contribution in [3.63, 3.8) is 0 Å². The predicted molar refractivity (Wildman–Crippen MR) is 108 cm³/mol. The molecule has 140 valence electrons. The van der Waals surface area contributed by atoms with Gasteiger partial charge in [0.25, 0.3) is 0 Å². The molecule has 0 unspecified atom stereocenters. The molecule has 2 N–H and O–H groups in total. The quantitative estimate of drug-likeness (QED) is 0.225. The van der Waals surface area contributed by atoms with Crippen LogP contribution in [-0.4, -0.2) is 23.6 Å². The Balaban J connectivity index is 0. The van der Waals surface area contributed by atoms with Crippen LogP contribution < -0.4 is 5.73 Å². The van der Waals surface area contributed by atoms with Gasteiger partial charge in [0.05, 0.1) is 12.5 Å². The molecule has 0 spiro atoms. The molecule has 0 bridgehead atoms. The lowest BCUT2D eigenvalue weighted by Crippen LogP contribution is -1.97. The van der Waals surface area contributed by atoms with Crippen molar-refractivity contribution in [1.82, 2.24) is 0 Å². The second kappa shape index (κ2) is 24.3. The highest BCUT2D eigenvalue weighted by Gasteiger charge is 1.90. The SMILES string of the molecule is CCCCCCCC/C=C\CCCCCCCCN.C[S+](C)[O-]. The molecule has 0 aromatic rings. The molecule has 0 aromatic heterocycles. The highest BCUT2D eigenvalue weighted by atomic mass is 32.2. The molecule has 0 saturated carbocycles. The fourth-order valence-corrected chi connectivity index (χ4v) is 2.39. The van der Waals surface area contributed by atoms with Crippen LogP contribution in [0.2, 0.25) is 0 Å². The van der Waals surface area contributed by atoms with Crippen molar-refractivity contribution in [1.29, 1.82) is 0 Å². The summed E-state index contributed by atoms with van der Waals surface area (Å²) in [5.74, 6) is 0. The standard InChI is InChI=1S/C18H37N.C2H6OS/c1-2-3-4-5-6-7-8-9-10-11-12-13-14-15-16-17-18-19;1-4(2)3/h9-10H,2-8,11-19H2,1H3;1-2H3/b10-9-;. The first-order valence-corrected chi connectivity index (χ1v) is 11.7. The van der Waals surface area contributed by atoms with Gasteiger partial charge in [0.1, 0.15) is 0 Å². The van der Waals surface area contributed by atoms with Gasteiger partial charge in [0.15, 0.2) is 0 Å². The van der Waals surface area contributed by atoms with Crippen LogP contribution in [0.5, 0.6) is 0 Å². The Morgan fingerprint density at radius 3 is 1.43 bits per heavy atom. The normalized spacial score (nSPS) is 11.0. The first-order chi connectivity index (χ1) is 11.1. The minimum absolute atomic E-state index is 0.611. The van der Waals surface area contributed by atoms with Crippen LogP contribution in [0, 0.1) is 0 Å². The molecule has 0 aliphatic heterocycles. The number of nitrogens with two attached hydrogens (primary N) is 1. The maximum Gasteiger partial charge on any atom is 0.0946 e. The Morgan fingerprint density at radius 2 is 1.04 bits per heavy atom. The first kappa shape index (κ1) is 25.3. The molecule has 0 aliphatic rings. The van der Waals surface area contributed by atoms with E-state index in [4.69, 9.17) is 5.73 Å². The Hall–Kier alpha value is 0.01000. The summed E-state index contributed by atoms with van der Waals surface area (Å²) in [6.07, 6.45) is 27.2. The van der Waals surface area contributed by atoms with Crippen molar-refractivity contribution in [2.45, 2.75) is 96.8 Å². The van der Waals surface area contributed by atoms with E-state index >= 15 is 0 Å². The summed E-state index contributed by atoms with van der Waals surface area (Å²) in [5, 5.41) is 0. The van der Waals surface area contributed by atoms with Crippen molar-refractivity contribution in [2.24, 2.45) is 5.73 Å². The van der Waals surface area contributed by atoms with E-state index in [0.717, 1.165) is 6.54 Å². The van der Waals surface area contributed by atoms with Crippen LogP contribution in [0.1, 0.15) is 96.8 Å². The van der Waals surface area contributed by atoms with Crippen molar-refractivity contribution >= 4 is 11.2 Å². The summed E-state index contributed by atoms with van der Waals surface area (Å²) in [5.41, 5.74) is 5.47. The van der Waals surface area contributed by atoms with Crippen molar-refractivity contribution in [3.05, 3.63) is 12.2 Å². The molecule has 0 radical (unpaired) electrons. The average molecular weight is 346 g/mol. The number of unbranched alkanes of at least 4 members (excludes halogenated alkanes) is 12. The Morgan fingerprint density at radius 1 is 0.696 bits per heavy atom. The summed E-state index contributed by atoms with van der Waals surface area (Å²) in [4.78, 5) is 0. The minimum Gasteiger partial charge on any atom is -0.617 e. The first-order valence-electron chi connectivity index (χ1n) is 9.75. The Kier molecular flexibility index (Phi) is 26.6. The minimum atomic E-state index is -0.611. The molecule has 0 saturated heterocycles. The summed E-state index contributed by atoms with van der Waals surface area (Å²) < 4.78 is 9.56. The third-order valence-corrected chi connectivity index (χ3v) is 3.72. The predicted octanol–water partition coefficient (Wildman–Crippen LogP) is 5.98. The Labute approximate surface area is 149 Å². The third kappa shape index (κ3) is 34.4. The van der Waals surface area contributed by atoms with Crippen molar-refractivity contribution < 1.29 is 4.55 Å².